The quantitative estimate of drug-likeness (QED) is 0.722. The fourth-order valence-electron chi connectivity index (χ4n) is 2.94. The summed E-state index contributed by atoms with van der Waals surface area (Å²) >= 11 is 3.41. The molecule has 5 nitrogen and oxygen atoms in total. The van der Waals surface area contributed by atoms with Crippen molar-refractivity contribution in [2.24, 2.45) is 5.92 Å². The highest BCUT2D eigenvalue weighted by atomic mass is 79.9. The van der Waals surface area contributed by atoms with Crippen LogP contribution in [0.5, 0.6) is 0 Å². The van der Waals surface area contributed by atoms with Crippen LogP contribution in [0, 0.1) is 5.92 Å². The molecule has 1 aromatic heterocycles. The molecule has 0 aliphatic carbocycles. The van der Waals surface area contributed by atoms with E-state index in [-0.39, 0.29) is 6.09 Å². The number of piperidine rings is 1. The summed E-state index contributed by atoms with van der Waals surface area (Å²) in [6.07, 6.45) is 1.86. The average molecular weight is 398 g/mol. The van der Waals surface area contributed by atoms with Crippen molar-refractivity contribution in [2.75, 3.05) is 26.7 Å². The van der Waals surface area contributed by atoms with Crippen LogP contribution in [-0.4, -0.2) is 53.2 Å². The molecule has 1 aliphatic rings. The molecule has 0 spiro atoms. The third kappa shape index (κ3) is 6.40. The van der Waals surface area contributed by atoms with Crippen LogP contribution in [0.4, 0.5) is 4.79 Å². The van der Waals surface area contributed by atoms with E-state index in [9.17, 15) is 4.79 Å². The molecule has 1 saturated heterocycles. The fourth-order valence-corrected chi connectivity index (χ4v) is 3.33. The van der Waals surface area contributed by atoms with Gasteiger partial charge in [0.2, 0.25) is 0 Å². The van der Waals surface area contributed by atoms with E-state index in [4.69, 9.17) is 4.74 Å². The zero-order valence-corrected chi connectivity index (χ0v) is 16.7. The first-order valence-electron chi connectivity index (χ1n) is 8.51. The summed E-state index contributed by atoms with van der Waals surface area (Å²) in [7, 11) is 2.13. The number of pyridine rings is 1. The van der Waals surface area contributed by atoms with Gasteiger partial charge in [-0.2, -0.15) is 0 Å². The first-order valence-corrected chi connectivity index (χ1v) is 9.30. The number of amides is 1. The number of halogens is 1. The normalized spacial score (nSPS) is 16.5. The summed E-state index contributed by atoms with van der Waals surface area (Å²) in [4.78, 5) is 20.7. The van der Waals surface area contributed by atoms with E-state index in [0.29, 0.717) is 5.92 Å². The standard InChI is InChI=1S/C18H28BrN3O2/c1-18(2,3)24-17(23)22-10-8-14(9-11-22)12-21(4)13-15-6-5-7-16(19)20-15/h5-7,14H,8-13H2,1-4H3. The van der Waals surface area contributed by atoms with E-state index in [0.717, 1.165) is 49.3 Å². The number of aromatic nitrogens is 1. The minimum atomic E-state index is -0.425. The maximum Gasteiger partial charge on any atom is 0.410 e. The Morgan fingerprint density at radius 2 is 2.04 bits per heavy atom. The maximum absolute atomic E-state index is 12.1. The molecule has 0 unspecified atom stereocenters. The first-order chi connectivity index (χ1) is 11.2. The first kappa shape index (κ1) is 19.2. The van der Waals surface area contributed by atoms with Crippen LogP contribution in [0.2, 0.25) is 0 Å². The number of carbonyl (C=O) groups excluding carboxylic acids is 1. The molecule has 2 rings (SSSR count). The molecule has 0 saturated carbocycles. The number of carbonyl (C=O) groups is 1. The maximum atomic E-state index is 12.1. The smallest absolute Gasteiger partial charge is 0.410 e. The Labute approximate surface area is 153 Å². The molecular formula is C18H28BrN3O2. The van der Waals surface area contributed by atoms with Crippen LogP contribution in [0.3, 0.4) is 0 Å². The average Bonchev–Trinajstić information content (AvgIpc) is 2.46. The zero-order valence-electron chi connectivity index (χ0n) is 15.1. The lowest BCUT2D eigenvalue weighted by atomic mass is 9.96. The Morgan fingerprint density at radius 3 is 2.62 bits per heavy atom. The number of ether oxygens (including phenoxy) is 1. The number of hydrogen-bond acceptors (Lipinski definition) is 4. The van der Waals surface area contributed by atoms with Gasteiger partial charge in [-0.05, 0) is 74.6 Å². The van der Waals surface area contributed by atoms with Crippen molar-refractivity contribution in [3.63, 3.8) is 0 Å². The van der Waals surface area contributed by atoms with E-state index in [2.05, 4.69) is 32.9 Å². The summed E-state index contributed by atoms with van der Waals surface area (Å²) in [6, 6.07) is 6.00. The van der Waals surface area contributed by atoms with Crippen LogP contribution < -0.4 is 0 Å². The van der Waals surface area contributed by atoms with Crippen molar-refractivity contribution in [1.82, 2.24) is 14.8 Å². The monoisotopic (exact) mass is 397 g/mol. The SMILES string of the molecule is CN(Cc1cccc(Br)n1)CC1CCN(C(=O)OC(C)(C)C)CC1. The second kappa shape index (κ2) is 8.30. The van der Waals surface area contributed by atoms with Gasteiger partial charge in [-0.15, -0.1) is 0 Å². The minimum absolute atomic E-state index is 0.187. The summed E-state index contributed by atoms with van der Waals surface area (Å²) in [5, 5.41) is 0. The Balaban J connectivity index is 1.75. The third-order valence-electron chi connectivity index (χ3n) is 4.04. The molecule has 1 aliphatic heterocycles. The summed E-state index contributed by atoms with van der Waals surface area (Å²) in [5.74, 6) is 0.612. The Bertz CT molecular complexity index is 551. The lowest BCUT2D eigenvalue weighted by molar-refractivity contribution is 0.0172. The van der Waals surface area contributed by atoms with Crippen molar-refractivity contribution in [3.05, 3.63) is 28.5 Å². The lowest BCUT2D eigenvalue weighted by Crippen LogP contribution is -2.43. The highest BCUT2D eigenvalue weighted by molar-refractivity contribution is 9.10. The summed E-state index contributed by atoms with van der Waals surface area (Å²) in [5.41, 5.74) is 0.642. The van der Waals surface area contributed by atoms with E-state index >= 15 is 0 Å². The van der Waals surface area contributed by atoms with Gasteiger partial charge < -0.3 is 14.5 Å². The van der Waals surface area contributed by atoms with Gasteiger partial charge in [0.05, 0.1) is 5.69 Å². The van der Waals surface area contributed by atoms with Crippen LogP contribution in [-0.2, 0) is 11.3 Å². The molecule has 6 heteroatoms. The predicted molar refractivity (Wildman–Crippen MR) is 98.8 cm³/mol. The Morgan fingerprint density at radius 1 is 1.38 bits per heavy atom. The zero-order chi connectivity index (χ0) is 17.7. The predicted octanol–water partition coefficient (Wildman–Crippen LogP) is 3.92. The molecule has 24 heavy (non-hydrogen) atoms. The second-order valence-corrected chi connectivity index (χ2v) is 8.37. The van der Waals surface area contributed by atoms with E-state index in [1.165, 1.54) is 0 Å². The number of likely N-dealkylation sites (tertiary alicyclic amines) is 1. The number of hydrogen-bond donors (Lipinski definition) is 0. The second-order valence-electron chi connectivity index (χ2n) is 7.56. The molecule has 1 amide bonds. The van der Waals surface area contributed by atoms with E-state index < -0.39 is 5.60 Å². The van der Waals surface area contributed by atoms with Gasteiger partial charge in [0.25, 0.3) is 0 Å². The van der Waals surface area contributed by atoms with Gasteiger partial charge in [0.1, 0.15) is 10.2 Å². The topological polar surface area (TPSA) is 45.7 Å². The Hall–Kier alpha value is -1.14. The summed E-state index contributed by atoms with van der Waals surface area (Å²) in [6.45, 7) is 9.14. The van der Waals surface area contributed by atoms with Crippen LogP contribution in [0.15, 0.2) is 22.8 Å². The van der Waals surface area contributed by atoms with E-state index in [1.54, 1.807) is 0 Å². The minimum Gasteiger partial charge on any atom is -0.444 e. The van der Waals surface area contributed by atoms with Gasteiger partial charge in [-0.25, -0.2) is 9.78 Å². The molecule has 0 atom stereocenters. The molecule has 134 valence electrons. The van der Waals surface area contributed by atoms with Crippen molar-refractivity contribution in [2.45, 2.75) is 45.8 Å². The third-order valence-corrected chi connectivity index (χ3v) is 4.48. The van der Waals surface area contributed by atoms with Gasteiger partial charge in [-0.1, -0.05) is 6.07 Å². The number of nitrogens with zero attached hydrogens (tertiary/aromatic N) is 3. The van der Waals surface area contributed by atoms with Gasteiger partial charge in [0, 0.05) is 26.2 Å². The van der Waals surface area contributed by atoms with Crippen molar-refractivity contribution in [3.8, 4) is 0 Å². The van der Waals surface area contributed by atoms with Gasteiger partial charge in [0.15, 0.2) is 0 Å². The van der Waals surface area contributed by atoms with Crippen molar-refractivity contribution in [1.29, 1.82) is 0 Å². The molecule has 2 heterocycles. The van der Waals surface area contributed by atoms with Crippen LogP contribution in [0.1, 0.15) is 39.3 Å². The fraction of sp³-hybridized carbons (Fsp3) is 0.667. The highest BCUT2D eigenvalue weighted by Crippen LogP contribution is 2.21. The van der Waals surface area contributed by atoms with Gasteiger partial charge >= 0.3 is 6.09 Å². The Kier molecular flexibility index (Phi) is 6.63. The molecule has 1 fully saturated rings. The van der Waals surface area contributed by atoms with Crippen molar-refractivity contribution < 1.29 is 9.53 Å². The lowest BCUT2D eigenvalue weighted by Gasteiger charge is -2.34. The largest absolute Gasteiger partial charge is 0.444 e. The van der Waals surface area contributed by atoms with Crippen LogP contribution >= 0.6 is 15.9 Å². The highest BCUT2D eigenvalue weighted by Gasteiger charge is 2.27. The molecule has 0 aromatic carbocycles. The summed E-state index contributed by atoms with van der Waals surface area (Å²) < 4.78 is 6.32. The molecule has 0 radical (unpaired) electrons. The van der Waals surface area contributed by atoms with Crippen LogP contribution in [0.25, 0.3) is 0 Å². The molecule has 0 bridgehead atoms. The molecular weight excluding hydrogens is 370 g/mol. The van der Waals surface area contributed by atoms with Gasteiger partial charge in [-0.3, -0.25) is 0 Å². The van der Waals surface area contributed by atoms with Crippen molar-refractivity contribution >= 4 is 22.0 Å². The number of rotatable bonds is 4. The molecule has 1 aromatic rings. The molecule has 0 N–H and O–H groups in total. The van der Waals surface area contributed by atoms with E-state index in [1.807, 2.05) is 43.9 Å².